The minimum Gasteiger partial charge on any atom is -0.483 e. The van der Waals surface area contributed by atoms with Crippen molar-refractivity contribution in [3.05, 3.63) is 0 Å². The molecule has 0 heterocycles. The van der Waals surface area contributed by atoms with Crippen LogP contribution in [-0.2, 0) is 14.3 Å². The van der Waals surface area contributed by atoms with Crippen LogP contribution < -0.4 is 0 Å². The number of hydrogen-bond acceptors (Lipinski definition) is 3. The second kappa shape index (κ2) is 6.07. The molecule has 0 aliphatic carbocycles. The maximum atomic E-state index is 9.47. The van der Waals surface area contributed by atoms with Crippen molar-refractivity contribution in [2.75, 3.05) is 0 Å². The monoisotopic (exact) mass is 147 g/mol. The average molecular weight is 147 g/mol. The van der Waals surface area contributed by atoms with Crippen LogP contribution in [-0.4, -0.2) is 23.7 Å². The highest BCUT2D eigenvalue weighted by molar-refractivity contribution is 5.39. The van der Waals surface area contributed by atoms with Gasteiger partial charge in [0, 0.05) is 0 Å². The quantitative estimate of drug-likeness (QED) is 0.551. The third kappa shape index (κ3) is 28.3. The minimum atomic E-state index is -0.373. The Bertz CT molecular complexity index is 92.4. The zero-order chi connectivity index (χ0) is 8.62. The normalized spacial score (nSPS) is 8.70. The van der Waals surface area contributed by atoms with Gasteiger partial charge in [-0.15, -0.1) is 0 Å². The zero-order valence-corrected chi connectivity index (χ0v) is 6.25. The number of ether oxygens (including phenoxy) is 1. The van der Waals surface area contributed by atoms with Crippen molar-refractivity contribution in [3.8, 4) is 0 Å². The Balaban J connectivity index is 0. The van der Waals surface area contributed by atoms with E-state index in [0.29, 0.717) is 0 Å². The van der Waals surface area contributed by atoms with E-state index in [0.717, 1.165) is 0 Å². The van der Waals surface area contributed by atoms with Gasteiger partial charge in [0.25, 0.3) is 6.47 Å². The molecule has 0 aliphatic heterocycles. The summed E-state index contributed by atoms with van der Waals surface area (Å²) >= 11 is 0. The summed E-state index contributed by atoms with van der Waals surface area (Å²) in [6, 6.07) is 0. The fourth-order valence-electron chi connectivity index (χ4n) is 0.125. The van der Waals surface area contributed by atoms with Crippen molar-refractivity contribution in [3.63, 3.8) is 0 Å². The molecule has 0 aromatic carbocycles. The van der Waals surface area contributed by atoms with Gasteiger partial charge in [-0.1, -0.05) is 0 Å². The number of carboxylic acid groups (broad SMARTS) is 1. The summed E-state index contributed by atoms with van der Waals surface area (Å²) in [5.41, 5.74) is -0.373. The Morgan fingerprint density at radius 2 is 1.80 bits per heavy atom. The van der Waals surface area contributed by atoms with E-state index in [2.05, 4.69) is 4.74 Å². The zero-order valence-electron chi connectivity index (χ0n) is 6.25. The van der Waals surface area contributed by atoms with Crippen LogP contribution in [0.5, 0.6) is 0 Å². The van der Waals surface area contributed by atoms with Crippen molar-refractivity contribution >= 4 is 12.9 Å². The third-order valence-corrected chi connectivity index (χ3v) is 0.348. The maximum Gasteiger partial charge on any atom is 0.418 e. The highest BCUT2D eigenvalue weighted by atomic mass is 16.5. The molecule has 0 amide bonds. The van der Waals surface area contributed by atoms with Gasteiger partial charge in [-0.25, -0.2) is 4.79 Å². The molecule has 0 aromatic rings. The lowest BCUT2D eigenvalue weighted by Crippen LogP contribution is -2.17. The molecule has 10 heavy (non-hydrogen) atoms. The van der Waals surface area contributed by atoms with E-state index < -0.39 is 0 Å². The Labute approximate surface area is 59.8 Å². The van der Waals surface area contributed by atoms with Gasteiger partial charge in [0.15, 0.2) is 0 Å². The lowest BCUT2D eigenvalue weighted by atomic mass is 10.2. The summed E-state index contributed by atoms with van der Waals surface area (Å²) in [6.07, 6.45) is 0. The second-order valence-corrected chi connectivity index (χ2v) is 2.40. The predicted octanol–water partition coefficient (Wildman–Crippen LogP) is 0.569. The van der Waals surface area contributed by atoms with E-state index in [1.807, 2.05) is 0 Å². The van der Waals surface area contributed by atoms with Crippen LogP contribution in [0.1, 0.15) is 20.8 Å². The highest BCUT2D eigenvalue weighted by Gasteiger charge is 2.08. The Hall–Kier alpha value is -1.06. The standard InChI is InChI=1S/C5H9O2.CH2O2/c1-5(2,3)7-4-6;2-1-3/h1-3H3;1H,(H,2,3). The molecule has 0 atom stereocenters. The first-order valence-electron chi connectivity index (χ1n) is 2.61. The van der Waals surface area contributed by atoms with Gasteiger partial charge in [0.1, 0.15) is 5.60 Å². The van der Waals surface area contributed by atoms with E-state index in [-0.39, 0.29) is 12.1 Å². The molecule has 0 saturated heterocycles. The first kappa shape index (κ1) is 11.7. The molecule has 0 saturated carbocycles. The van der Waals surface area contributed by atoms with Gasteiger partial charge < -0.3 is 9.84 Å². The molecule has 0 rings (SSSR count). The highest BCUT2D eigenvalue weighted by Crippen LogP contribution is 2.02. The maximum absolute atomic E-state index is 9.47. The first-order chi connectivity index (χ1) is 4.47. The van der Waals surface area contributed by atoms with Crippen LogP contribution in [0.3, 0.4) is 0 Å². The van der Waals surface area contributed by atoms with Crippen LogP contribution in [0.4, 0.5) is 0 Å². The summed E-state index contributed by atoms with van der Waals surface area (Å²) in [4.78, 5) is 17.8. The molecular formula is C6H11O4. The Kier molecular flexibility index (Phi) is 7.10. The number of carbonyl (C=O) groups excluding carboxylic acids is 1. The summed E-state index contributed by atoms with van der Waals surface area (Å²) in [7, 11) is 0. The molecule has 0 fully saturated rings. The fourth-order valence-corrected chi connectivity index (χ4v) is 0.125. The summed E-state index contributed by atoms with van der Waals surface area (Å²) < 4.78 is 4.42. The molecule has 0 spiro atoms. The molecule has 0 unspecified atom stereocenters. The van der Waals surface area contributed by atoms with Crippen LogP contribution in [0, 0.1) is 0 Å². The number of carbonyl (C=O) groups is 1. The van der Waals surface area contributed by atoms with Crippen molar-refractivity contribution in [1.82, 2.24) is 0 Å². The lowest BCUT2D eigenvalue weighted by molar-refractivity contribution is -0.122. The second-order valence-electron chi connectivity index (χ2n) is 2.40. The lowest BCUT2D eigenvalue weighted by Gasteiger charge is -2.13. The topological polar surface area (TPSA) is 63.6 Å². The van der Waals surface area contributed by atoms with Crippen LogP contribution >= 0.6 is 0 Å². The van der Waals surface area contributed by atoms with Crippen molar-refractivity contribution in [2.45, 2.75) is 26.4 Å². The number of rotatable bonds is 1. The molecule has 4 heteroatoms. The molecule has 4 nitrogen and oxygen atoms in total. The molecule has 1 radical (unpaired) electrons. The molecule has 0 bridgehead atoms. The van der Waals surface area contributed by atoms with E-state index >= 15 is 0 Å². The van der Waals surface area contributed by atoms with Gasteiger partial charge >= 0.3 is 6.47 Å². The van der Waals surface area contributed by atoms with Gasteiger partial charge in [-0.3, -0.25) is 4.79 Å². The molecule has 59 valence electrons. The van der Waals surface area contributed by atoms with Crippen LogP contribution in [0.2, 0.25) is 0 Å². The molecule has 1 N–H and O–H groups in total. The van der Waals surface area contributed by atoms with Crippen molar-refractivity contribution in [2.24, 2.45) is 0 Å². The van der Waals surface area contributed by atoms with Crippen molar-refractivity contribution in [1.29, 1.82) is 0 Å². The summed E-state index contributed by atoms with van der Waals surface area (Å²) in [6.45, 7) is 6.48. The third-order valence-electron chi connectivity index (χ3n) is 0.348. The van der Waals surface area contributed by atoms with Crippen LogP contribution in [0.25, 0.3) is 0 Å². The first-order valence-corrected chi connectivity index (χ1v) is 2.61. The fraction of sp³-hybridized carbons (Fsp3) is 0.667. The van der Waals surface area contributed by atoms with Crippen molar-refractivity contribution < 1.29 is 19.4 Å². The Morgan fingerprint density at radius 3 is 1.80 bits per heavy atom. The smallest absolute Gasteiger partial charge is 0.418 e. The molecule has 0 aromatic heterocycles. The van der Waals surface area contributed by atoms with Gasteiger partial charge in [-0.2, -0.15) is 0 Å². The number of hydrogen-bond donors (Lipinski definition) is 1. The van der Waals surface area contributed by atoms with Gasteiger partial charge in [0.05, 0.1) is 0 Å². The van der Waals surface area contributed by atoms with E-state index in [1.54, 1.807) is 20.8 Å². The predicted molar refractivity (Wildman–Crippen MR) is 35.2 cm³/mol. The minimum absolute atomic E-state index is 0.250. The van der Waals surface area contributed by atoms with E-state index in [9.17, 15) is 4.79 Å². The SMILES string of the molecule is CC(C)(C)O[C]=O.O=CO. The van der Waals surface area contributed by atoms with Crippen LogP contribution in [0.15, 0.2) is 0 Å². The van der Waals surface area contributed by atoms with Gasteiger partial charge in [-0.05, 0) is 20.8 Å². The molecule has 0 aliphatic rings. The largest absolute Gasteiger partial charge is 0.483 e. The van der Waals surface area contributed by atoms with E-state index in [4.69, 9.17) is 9.90 Å². The van der Waals surface area contributed by atoms with Gasteiger partial charge in [0.2, 0.25) is 0 Å². The van der Waals surface area contributed by atoms with E-state index in [1.165, 1.54) is 6.47 Å². The summed E-state index contributed by atoms with van der Waals surface area (Å²) in [5.74, 6) is 0. The Morgan fingerprint density at radius 1 is 1.50 bits per heavy atom. The summed E-state index contributed by atoms with van der Waals surface area (Å²) in [5, 5.41) is 6.89. The molecular weight excluding hydrogens is 136 g/mol. The average Bonchev–Trinajstić information content (AvgIpc) is 1.63.